The number of aryl methyl sites for hydroxylation is 1. The highest BCUT2D eigenvalue weighted by Crippen LogP contribution is 2.20. The molecule has 0 saturated carbocycles. The van der Waals surface area contributed by atoms with Crippen LogP contribution in [0.1, 0.15) is 25.0 Å². The molecule has 0 spiro atoms. The van der Waals surface area contributed by atoms with Gasteiger partial charge < -0.3 is 4.52 Å². The van der Waals surface area contributed by atoms with Crippen molar-refractivity contribution in [2.24, 2.45) is 0 Å². The molecule has 5 nitrogen and oxygen atoms in total. The van der Waals surface area contributed by atoms with Crippen molar-refractivity contribution in [2.45, 2.75) is 26.2 Å². The van der Waals surface area contributed by atoms with Crippen LogP contribution in [0.25, 0.3) is 0 Å². The molecule has 1 aliphatic heterocycles. The topological polar surface area (TPSA) is 63.4 Å². The van der Waals surface area contributed by atoms with E-state index in [2.05, 4.69) is 5.16 Å². The van der Waals surface area contributed by atoms with Gasteiger partial charge in [-0.2, -0.15) is 0 Å². The first-order valence-electron chi connectivity index (χ1n) is 4.47. The summed E-state index contributed by atoms with van der Waals surface area (Å²) in [5, 5.41) is 3.65. The van der Waals surface area contributed by atoms with E-state index >= 15 is 0 Å². The van der Waals surface area contributed by atoms with Gasteiger partial charge in [-0.1, -0.05) is 5.16 Å². The van der Waals surface area contributed by atoms with E-state index < -0.39 is 0 Å². The van der Waals surface area contributed by atoms with Gasteiger partial charge in [0.1, 0.15) is 5.76 Å². The van der Waals surface area contributed by atoms with Gasteiger partial charge in [-0.3, -0.25) is 9.59 Å². The van der Waals surface area contributed by atoms with Crippen molar-refractivity contribution in [2.75, 3.05) is 4.90 Å². The van der Waals surface area contributed by atoms with Gasteiger partial charge in [-0.25, -0.2) is 4.90 Å². The molecule has 74 valence electrons. The fraction of sp³-hybridized carbons (Fsp3) is 0.444. The maximum atomic E-state index is 11.4. The van der Waals surface area contributed by atoms with Crippen LogP contribution in [0.5, 0.6) is 0 Å². The predicted octanol–water partition coefficient (Wildman–Crippen LogP) is 1.03. The Hall–Kier alpha value is -1.65. The number of carbonyl (C=O) groups excluding carboxylic acids is 2. The molecule has 5 heteroatoms. The summed E-state index contributed by atoms with van der Waals surface area (Å²) in [5.74, 6) is 0.493. The zero-order chi connectivity index (χ0) is 10.1. The van der Waals surface area contributed by atoms with E-state index in [1.165, 1.54) is 0 Å². The van der Waals surface area contributed by atoms with Gasteiger partial charge in [0.15, 0.2) is 5.82 Å². The van der Waals surface area contributed by atoms with Gasteiger partial charge in [0.2, 0.25) is 11.8 Å². The van der Waals surface area contributed by atoms with Gasteiger partial charge in [0, 0.05) is 18.9 Å². The normalized spacial score (nSPS) is 17.6. The van der Waals surface area contributed by atoms with Gasteiger partial charge in [-0.05, 0) is 13.3 Å². The lowest BCUT2D eigenvalue weighted by atomic mass is 10.1. The van der Waals surface area contributed by atoms with Gasteiger partial charge >= 0.3 is 0 Å². The number of imide groups is 1. The third-order valence-electron chi connectivity index (χ3n) is 2.12. The summed E-state index contributed by atoms with van der Waals surface area (Å²) < 4.78 is 4.82. The van der Waals surface area contributed by atoms with Crippen LogP contribution in [-0.4, -0.2) is 17.0 Å². The van der Waals surface area contributed by atoms with E-state index in [1.54, 1.807) is 13.0 Å². The maximum Gasteiger partial charge on any atom is 0.235 e. The van der Waals surface area contributed by atoms with Crippen molar-refractivity contribution < 1.29 is 14.1 Å². The molecule has 1 fully saturated rings. The molecule has 14 heavy (non-hydrogen) atoms. The molecule has 0 unspecified atom stereocenters. The third kappa shape index (κ3) is 1.41. The first-order chi connectivity index (χ1) is 6.68. The second-order valence-electron chi connectivity index (χ2n) is 3.27. The van der Waals surface area contributed by atoms with Crippen LogP contribution >= 0.6 is 0 Å². The van der Waals surface area contributed by atoms with E-state index in [4.69, 9.17) is 4.52 Å². The fourth-order valence-corrected chi connectivity index (χ4v) is 1.47. The van der Waals surface area contributed by atoms with Crippen molar-refractivity contribution >= 4 is 17.6 Å². The lowest BCUT2D eigenvalue weighted by Gasteiger charge is -2.21. The molecule has 2 rings (SSSR count). The first kappa shape index (κ1) is 8.93. The summed E-state index contributed by atoms with van der Waals surface area (Å²) in [4.78, 5) is 24.0. The van der Waals surface area contributed by atoms with E-state index in [-0.39, 0.29) is 11.8 Å². The Kier molecular flexibility index (Phi) is 2.07. The number of hydrogen-bond donors (Lipinski definition) is 0. The minimum absolute atomic E-state index is 0.199. The van der Waals surface area contributed by atoms with E-state index in [9.17, 15) is 9.59 Å². The molecule has 0 radical (unpaired) electrons. The number of nitrogens with zero attached hydrogens (tertiary/aromatic N) is 2. The van der Waals surface area contributed by atoms with Gasteiger partial charge in [0.05, 0.1) is 0 Å². The average Bonchev–Trinajstić information content (AvgIpc) is 2.51. The monoisotopic (exact) mass is 194 g/mol. The molecule has 0 aromatic carbocycles. The van der Waals surface area contributed by atoms with Crippen LogP contribution in [0.4, 0.5) is 5.82 Å². The molecule has 1 aliphatic rings. The summed E-state index contributed by atoms with van der Waals surface area (Å²) in [6.07, 6.45) is 1.43. The lowest BCUT2D eigenvalue weighted by Crippen LogP contribution is -2.40. The van der Waals surface area contributed by atoms with Crippen LogP contribution in [0, 0.1) is 6.92 Å². The Morgan fingerprint density at radius 1 is 1.36 bits per heavy atom. The van der Waals surface area contributed by atoms with E-state index in [0.29, 0.717) is 30.8 Å². The van der Waals surface area contributed by atoms with Gasteiger partial charge in [0.25, 0.3) is 0 Å². The highest BCUT2D eigenvalue weighted by molar-refractivity contribution is 6.15. The number of rotatable bonds is 1. The van der Waals surface area contributed by atoms with E-state index in [1.807, 2.05) is 0 Å². The van der Waals surface area contributed by atoms with Crippen molar-refractivity contribution in [3.05, 3.63) is 11.8 Å². The largest absolute Gasteiger partial charge is 0.360 e. The molecule has 2 heterocycles. The average molecular weight is 194 g/mol. The Morgan fingerprint density at radius 2 is 2.00 bits per heavy atom. The SMILES string of the molecule is Cc1cc(N2C(=O)CCCC2=O)no1. The summed E-state index contributed by atoms with van der Waals surface area (Å²) in [7, 11) is 0. The zero-order valence-electron chi connectivity index (χ0n) is 7.82. The molecule has 1 aromatic rings. The second kappa shape index (κ2) is 3.25. The standard InChI is InChI=1S/C9H10N2O3/c1-6-5-7(10-14-6)11-8(12)3-2-4-9(11)13/h5H,2-4H2,1H3. The number of piperidine rings is 1. The molecule has 1 saturated heterocycles. The lowest BCUT2D eigenvalue weighted by molar-refractivity contribution is -0.129. The highest BCUT2D eigenvalue weighted by atomic mass is 16.5. The Morgan fingerprint density at radius 3 is 2.50 bits per heavy atom. The molecule has 0 N–H and O–H groups in total. The van der Waals surface area contributed by atoms with Crippen LogP contribution in [0.3, 0.4) is 0 Å². The summed E-state index contributed by atoms with van der Waals surface area (Å²) in [6, 6.07) is 1.58. The molecule has 0 atom stereocenters. The van der Waals surface area contributed by atoms with Crippen molar-refractivity contribution in [1.82, 2.24) is 5.16 Å². The number of hydrogen-bond acceptors (Lipinski definition) is 4. The zero-order valence-corrected chi connectivity index (χ0v) is 7.82. The Labute approximate surface area is 80.7 Å². The number of anilines is 1. The number of amides is 2. The minimum atomic E-state index is -0.199. The quantitative estimate of drug-likeness (QED) is 0.626. The minimum Gasteiger partial charge on any atom is -0.360 e. The molecular weight excluding hydrogens is 184 g/mol. The van der Waals surface area contributed by atoms with Crippen LogP contribution in [-0.2, 0) is 9.59 Å². The smallest absolute Gasteiger partial charge is 0.235 e. The van der Waals surface area contributed by atoms with Gasteiger partial charge in [-0.15, -0.1) is 0 Å². The van der Waals surface area contributed by atoms with Crippen LogP contribution in [0.2, 0.25) is 0 Å². The third-order valence-corrected chi connectivity index (χ3v) is 2.12. The first-order valence-corrected chi connectivity index (χ1v) is 4.47. The Bertz CT molecular complexity index is 367. The molecule has 0 bridgehead atoms. The summed E-state index contributed by atoms with van der Waals surface area (Å²) in [5.41, 5.74) is 0. The maximum absolute atomic E-state index is 11.4. The molecular formula is C9H10N2O3. The fourth-order valence-electron chi connectivity index (χ4n) is 1.47. The second-order valence-corrected chi connectivity index (χ2v) is 3.27. The summed E-state index contributed by atoms with van der Waals surface area (Å²) >= 11 is 0. The van der Waals surface area contributed by atoms with Crippen LogP contribution < -0.4 is 4.90 Å². The van der Waals surface area contributed by atoms with Crippen molar-refractivity contribution in [3.63, 3.8) is 0 Å². The van der Waals surface area contributed by atoms with E-state index in [0.717, 1.165) is 4.90 Å². The molecule has 2 amide bonds. The summed E-state index contributed by atoms with van der Waals surface area (Å²) in [6.45, 7) is 1.72. The molecule has 0 aliphatic carbocycles. The predicted molar refractivity (Wildman–Crippen MR) is 47.6 cm³/mol. The van der Waals surface area contributed by atoms with Crippen molar-refractivity contribution in [1.29, 1.82) is 0 Å². The Balaban J connectivity index is 2.31. The highest BCUT2D eigenvalue weighted by Gasteiger charge is 2.29. The number of aromatic nitrogens is 1. The number of carbonyl (C=O) groups is 2. The molecule has 1 aromatic heterocycles. The van der Waals surface area contributed by atoms with Crippen molar-refractivity contribution in [3.8, 4) is 0 Å². The van der Waals surface area contributed by atoms with Crippen LogP contribution in [0.15, 0.2) is 10.6 Å².